The number of methoxy groups -OCH3 is 1. The van der Waals surface area contributed by atoms with Crippen LogP contribution in [0.2, 0.25) is 0 Å². The van der Waals surface area contributed by atoms with Crippen LogP contribution < -0.4 is 5.32 Å². The first kappa shape index (κ1) is 23.0. The molecule has 170 valence electrons. The van der Waals surface area contributed by atoms with Crippen LogP contribution in [0.5, 0.6) is 0 Å². The van der Waals surface area contributed by atoms with Crippen molar-refractivity contribution in [2.45, 2.75) is 25.5 Å². The number of benzene rings is 3. The number of anilines is 1. The van der Waals surface area contributed by atoms with Gasteiger partial charge in [0.25, 0.3) is 0 Å². The molecule has 1 atom stereocenters. The van der Waals surface area contributed by atoms with E-state index >= 15 is 0 Å². The summed E-state index contributed by atoms with van der Waals surface area (Å²) in [7, 11) is 1.60. The van der Waals surface area contributed by atoms with E-state index < -0.39 is 5.25 Å². The summed E-state index contributed by atoms with van der Waals surface area (Å²) in [4.78, 5) is 32.4. The molecule has 2 amide bonds. The molecule has 0 saturated carbocycles. The highest BCUT2D eigenvalue weighted by molar-refractivity contribution is 8.15. The molecule has 1 fully saturated rings. The predicted molar refractivity (Wildman–Crippen MR) is 135 cm³/mol. The van der Waals surface area contributed by atoms with Crippen LogP contribution in [-0.2, 0) is 14.3 Å². The highest BCUT2D eigenvalue weighted by Crippen LogP contribution is 2.34. The quantitative estimate of drug-likeness (QED) is 0.534. The first-order chi connectivity index (χ1) is 16.0. The Bertz CT molecular complexity index is 1220. The lowest BCUT2D eigenvalue weighted by Gasteiger charge is -2.16. The number of nitrogens with one attached hydrogen (secondary N) is 1. The van der Waals surface area contributed by atoms with Crippen molar-refractivity contribution < 1.29 is 14.3 Å². The third-order valence-corrected chi connectivity index (χ3v) is 6.74. The van der Waals surface area contributed by atoms with Gasteiger partial charge in [-0.1, -0.05) is 60.3 Å². The Morgan fingerprint density at radius 2 is 1.91 bits per heavy atom. The monoisotopic (exact) mass is 461 g/mol. The van der Waals surface area contributed by atoms with Crippen molar-refractivity contribution in [2.24, 2.45) is 4.99 Å². The highest BCUT2D eigenvalue weighted by atomic mass is 32.2. The van der Waals surface area contributed by atoms with Gasteiger partial charge < -0.3 is 10.1 Å². The molecule has 6 nitrogen and oxygen atoms in total. The number of nitrogens with zero attached hydrogens (tertiary/aromatic N) is 2. The van der Waals surface area contributed by atoms with E-state index in [2.05, 4.69) is 5.32 Å². The summed E-state index contributed by atoms with van der Waals surface area (Å²) in [5, 5.41) is 5.13. The second kappa shape index (κ2) is 10.2. The molecule has 1 N–H and O–H groups in total. The minimum absolute atomic E-state index is 0.0783. The molecule has 1 aliphatic heterocycles. The lowest BCUT2D eigenvalue weighted by atomic mass is 10.1. The zero-order chi connectivity index (χ0) is 23.4. The number of aryl methyl sites for hydroxylation is 2. The highest BCUT2D eigenvalue weighted by Gasteiger charge is 2.39. The van der Waals surface area contributed by atoms with Gasteiger partial charge in [-0.3, -0.25) is 14.5 Å². The molecule has 0 bridgehead atoms. The van der Waals surface area contributed by atoms with Gasteiger partial charge in [0.2, 0.25) is 11.8 Å². The van der Waals surface area contributed by atoms with E-state index in [0.29, 0.717) is 18.3 Å². The van der Waals surface area contributed by atoms with Gasteiger partial charge >= 0.3 is 0 Å². The summed E-state index contributed by atoms with van der Waals surface area (Å²) in [5.74, 6) is -0.306. The van der Waals surface area contributed by atoms with Gasteiger partial charge in [0.15, 0.2) is 5.17 Å². The van der Waals surface area contributed by atoms with E-state index in [0.717, 1.165) is 33.3 Å². The number of hydrogen-bond acceptors (Lipinski definition) is 5. The van der Waals surface area contributed by atoms with E-state index in [1.807, 2.05) is 74.5 Å². The average molecular weight is 462 g/mol. The largest absolute Gasteiger partial charge is 0.383 e. The minimum atomic E-state index is -0.527. The maximum Gasteiger partial charge on any atom is 0.242 e. The molecule has 7 heteroatoms. The van der Waals surface area contributed by atoms with Gasteiger partial charge in [-0.05, 0) is 42.5 Å². The van der Waals surface area contributed by atoms with Crippen LogP contribution in [0.15, 0.2) is 65.7 Å². The van der Waals surface area contributed by atoms with Crippen LogP contribution in [-0.4, -0.2) is 47.4 Å². The van der Waals surface area contributed by atoms with Crippen molar-refractivity contribution in [3.63, 3.8) is 0 Å². The van der Waals surface area contributed by atoms with E-state index in [1.165, 1.54) is 11.8 Å². The Morgan fingerprint density at radius 3 is 2.73 bits per heavy atom. The number of amides is 2. The SMILES string of the molecule is COCCN1C(=O)C(CC(=O)Nc2cc(C)ccc2C)SC1=Nc1cccc2ccccc12. The van der Waals surface area contributed by atoms with Gasteiger partial charge in [-0.25, -0.2) is 4.99 Å². The third kappa shape index (κ3) is 5.26. The zero-order valence-corrected chi connectivity index (χ0v) is 19.8. The molecule has 3 aromatic carbocycles. The summed E-state index contributed by atoms with van der Waals surface area (Å²) >= 11 is 1.34. The molecule has 1 unspecified atom stereocenters. The smallest absolute Gasteiger partial charge is 0.242 e. The van der Waals surface area contributed by atoms with Crippen LogP contribution in [0.1, 0.15) is 17.5 Å². The van der Waals surface area contributed by atoms with Crippen LogP contribution in [0.25, 0.3) is 10.8 Å². The fourth-order valence-corrected chi connectivity index (χ4v) is 4.94. The first-order valence-corrected chi connectivity index (χ1v) is 11.7. The molecule has 1 aliphatic rings. The molecule has 33 heavy (non-hydrogen) atoms. The van der Waals surface area contributed by atoms with Crippen molar-refractivity contribution in [1.82, 2.24) is 4.90 Å². The summed E-state index contributed by atoms with van der Waals surface area (Å²) < 4.78 is 5.20. The molecular formula is C26H27N3O3S. The van der Waals surface area contributed by atoms with Gasteiger partial charge in [-0.2, -0.15) is 0 Å². The Kier molecular flexibility index (Phi) is 7.11. The molecule has 3 aromatic rings. The Hall–Kier alpha value is -3.16. The van der Waals surface area contributed by atoms with Gasteiger partial charge in [0.1, 0.15) is 5.25 Å². The minimum Gasteiger partial charge on any atom is -0.383 e. The van der Waals surface area contributed by atoms with Gasteiger partial charge in [0, 0.05) is 24.6 Å². The van der Waals surface area contributed by atoms with E-state index in [9.17, 15) is 9.59 Å². The topological polar surface area (TPSA) is 71.0 Å². The van der Waals surface area contributed by atoms with E-state index in [4.69, 9.17) is 9.73 Å². The third-order valence-electron chi connectivity index (χ3n) is 5.56. The number of carbonyl (C=O) groups is 2. The molecule has 0 aromatic heterocycles. The molecule has 0 aliphatic carbocycles. The van der Waals surface area contributed by atoms with Crippen LogP contribution >= 0.6 is 11.8 Å². The predicted octanol–water partition coefficient (Wildman–Crippen LogP) is 5.06. The fourth-order valence-electron chi connectivity index (χ4n) is 3.76. The Morgan fingerprint density at radius 1 is 1.12 bits per heavy atom. The average Bonchev–Trinajstić information content (AvgIpc) is 3.08. The van der Waals surface area contributed by atoms with E-state index in [-0.39, 0.29) is 18.2 Å². The number of rotatable bonds is 7. The Balaban J connectivity index is 1.57. The maximum absolute atomic E-state index is 13.2. The van der Waals surface area contributed by atoms with Gasteiger partial charge in [0.05, 0.1) is 18.8 Å². The maximum atomic E-state index is 13.2. The summed E-state index contributed by atoms with van der Waals surface area (Å²) in [6, 6.07) is 19.9. The first-order valence-electron chi connectivity index (χ1n) is 10.9. The summed E-state index contributed by atoms with van der Waals surface area (Å²) in [6.07, 6.45) is 0.0783. The molecular weight excluding hydrogens is 434 g/mol. The molecule has 0 radical (unpaired) electrons. The number of hydrogen-bond donors (Lipinski definition) is 1. The standard InChI is InChI=1S/C26H27N3O3S/c1-17-11-12-18(2)22(15-17)27-24(30)16-23-25(31)29(13-14-32-3)26(33-23)28-21-10-6-8-19-7-4-5-9-20(19)21/h4-12,15,23H,13-14,16H2,1-3H3,(H,27,30). The second-order valence-electron chi connectivity index (χ2n) is 8.05. The number of carbonyl (C=O) groups excluding carboxylic acids is 2. The Labute approximate surface area is 198 Å². The van der Waals surface area contributed by atoms with Crippen LogP contribution in [0, 0.1) is 13.8 Å². The van der Waals surface area contributed by atoms with E-state index in [1.54, 1.807) is 12.0 Å². The van der Waals surface area contributed by atoms with Crippen LogP contribution in [0.3, 0.4) is 0 Å². The van der Waals surface area contributed by atoms with Crippen molar-refractivity contribution in [1.29, 1.82) is 0 Å². The molecule has 1 saturated heterocycles. The normalized spacial score (nSPS) is 17.2. The van der Waals surface area contributed by atoms with Crippen molar-refractivity contribution in [3.05, 3.63) is 71.8 Å². The number of amidine groups is 1. The number of fused-ring (bicyclic) bond motifs is 1. The number of thioether (sulfide) groups is 1. The molecule has 4 rings (SSSR count). The van der Waals surface area contributed by atoms with Crippen LogP contribution in [0.4, 0.5) is 11.4 Å². The summed E-state index contributed by atoms with van der Waals surface area (Å²) in [5.41, 5.74) is 3.62. The van der Waals surface area contributed by atoms with Crippen molar-refractivity contribution in [2.75, 3.05) is 25.6 Å². The van der Waals surface area contributed by atoms with Crippen molar-refractivity contribution >= 4 is 50.9 Å². The molecule has 0 spiro atoms. The second-order valence-corrected chi connectivity index (χ2v) is 9.22. The lowest BCUT2D eigenvalue weighted by molar-refractivity contribution is -0.128. The fraction of sp³-hybridized carbons (Fsp3) is 0.269. The van der Waals surface area contributed by atoms with Crippen molar-refractivity contribution in [3.8, 4) is 0 Å². The number of ether oxygens (including phenoxy) is 1. The summed E-state index contributed by atoms with van der Waals surface area (Å²) in [6.45, 7) is 4.71. The number of aliphatic imine (C=N–C) groups is 1. The lowest BCUT2D eigenvalue weighted by Crippen LogP contribution is -2.35. The van der Waals surface area contributed by atoms with Gasteiger partial charge in [-0.15, -0.1) is 0 Å². The zero-order valence-electron chi connectivity index (χ0n) is 19.0. The molecule has 1 heterocycles.